The third kappa shape index (κ3) is 4.90. The maximum atomic E-state index is 13.9. The van der Waals surface area contributed by atoms with Gasteiger partial charge in [-0.05, 0) is 70.5 Å². The number of nitrogens with zero attached hydrogens (tertiary/aromatic N) is 1. The molecule has 34 heavy (non-hydrogen) atoms. The minimum Gasteiger partial charge on any atom is -0.334 e. The molecule has 0 atom stereocenters. The van der Waals surface area contributed by atoms with Crippen LogP contribution in [-0.4, -0.2) is 16.8 Å². The van der Waals surface area contributed by atoms with E-state index in [1.54, 1.807) is 6.07 Å². The molecule has 0 fully saturated rings. The lowest BCUT2D eigenvalue weighted by Crippen LogP contribution is -2.41. The van der Waals surface area contributed by atoms with Crippen molar-refractivity contribution in [1.29, 1.82) is 0 Å². The van der Waals surface area contributed by atoms with Gasteiger partial charge in [-0.15, -0.1) is 0 Å². The van der Waals surface area contributed by atoms with Gasteiger partial charge in [0.05, 0.1) is 6.42 Å². The van der Waals surface area contributed by atoms with E-state index in [0.29, 0.717) is 11.6 Å². The highest BCUT2D eigenvalue weighted by Crippen LogP contribution is 2.30. The van der Waals surface area contributed by atoms with Crippen LogP contribution in [0, 0.1) is 5.82 Å². The van der Waals surface area contributed by atoms with Gasteiger partial charge in [0.25, 0.3) is 0 Å². The van der Waals surface area contributed by atoms with Crippen molar-refractivity contribution in [2.45, 2.75) is 31.8 Å². The summed E-state index contributed by atoms with van der Waals surface area (Å²) in [5.74, 6) is -0.276. The Morgan fingerprint density at radius 2 is 1.56 bits per heavy atom. The summed E-state index contributed by atoms with van der Waals surface area (Å²) in [6.07, 6.45) is 1.84. The van der Waals surface area contributed by atoms with E-state index in [1.165, 1.54) is 23.3 Å². The quantitative estimate of drug-likeness (QED) is 0.301. The van der Waals surface area contributed by atoms with Gasteiger partial charge in [-0.3, -0.25) is 4.79 Å². The van der Waals surface area contributed by atoms with Gasteiger partial charge in [0.2, 0.25) is 5.91 Å². The highest BCUT2D eigenvalue weighted by molar-refractivity contribution is 6.30. The van der Waals surface area contributed by atoms with E-state index in [0.717, 1.165) is 35.1 Å². The third-order valence-corrected chi connectivity index (χ3v) is 6.76. The number of carbonyl (C=O) groups excluding carboxylic acids is 1. The lowest BCUT2D eigenvalue weighted by atomic mass is 9.97. The summed E-state index contributed by atoms with van der Waals surface area (Å²) in [7, 11) is 0. The van der Waals surface area contributed by atoms with Crippen molar-refractivity contribution in [2.24, 2.45) is 0 Å². The molecule has 0 heterocycles. The van der Waals surface area contributed by atoms with E-state index in [2.05, 4.69) is 12.1 Å². The van der Waals surface area contributed by atoms with Crippen LogP contribution in [0.15, 0.2) is 97.1 Å². The van der Waals surface area contributed by atoms with Crippen LogP contribution in [0.25, 0.3) is 11.1 Å². The summed E-state index contributed by atoms with van der Waals surface area (Å²) in [4.78, 5) is 15.7. The van der Waals surface area contributed by atoms with Crippen LogP contribution in [0.3, 0.4) is 0 Å². The summed E-state index contributed by atoms with van der Waals surface area (Å²) >= 11 is 6.34. The van der Waals surface area contributed by atoms with Crippen LogP contribution in [0.4, 0.5) is 4.39 Å². The standard InChI is InChI=1S/C30H25ClFNO/c31-26-13-14-29(22-8-2-1-3-9-22)25(16-26)19-30(34)33(20-21-7-6-12-27(32)15-21)28-17-23-10-4-5-11-24(23)18-28/h1-16,28H,17-20H2. The molecule has 0 aliphatic heterocycles. The monoisotopic (exact) mass is 469 g/mol. The fourth-order valence-electron chi connectivity index (χ4n) is 4.88. The molecule has 4 aromatic carbocycles. The van der Waals surface area contributed by atoms with Gasteiger partial charge >= 0.3 is 0 Å². The zero-order valence-corrected chi connectivity index (χ0v) is 19.5. The van der Waals surface area contributed by atoms with E-state index in [4.69, 9.17) is 11.6 Å². The maximum absolute atomic E-state index is 13.9. The summed E-state index contributed by atoms with van der Waals surface area (Å²) < 4.78 is 13.9. The van der Waals surface area contributed by atoms with Gasteiger partial charge in [0.15, 0.2) is 0 Å². The number of amides is 1. The number of rotatable bonds is 6. The Balaban J connectivity index is 1.46. The Labute approximate surface area is 204 Å². The fourth-order valence-corrected chi connectivity index (χ4v) is 5.08. The van der Waals surface area contributed by atoms with Crippen molar-refractivity contribution >= 4 is 17.5 Å². The molecule has 0 unspecified atom stereocenters. The summed E-state index contributed by atoms with van der Waals surface area (Å²) in [5, 5.41) is 0.604. The minimum absolute atomic E-state index is 0.0153. The molecule has 4 heteroatoms. The SMILES string of the molecule is O=C(Cc1cc(Cl)ccc1-c1ccccc1)N(Cc1cccc(F)c1)C1Cc2ccccc2C1. The zero-order valence-electron chi connectivity index (χ0n) is 18.8. The van der Waals surface area contributed by atoms with Crippen molar-refractivity contribution in [3.05, 3.63) is 130 Å². The molecule has 0 N–H and O–H groups in total. The molecule has 170 valence electrons. The topological polar surface area (TPSA) is 20.3 Å². The summed E-state index contributed by atoms with van der Waals surface area (Å²) in [5.41, 5.74) is 6.28. The number of hydrogen-bond acceptors (Lipinski definition) is 1. The lowest BCUT2D eigenvalue weighted by Gasteiger charge is -2.30. The Bertz CT molecular complexity index is 1300. The van der Waals surface area contributed by atoms with E-state index in [1.807, 2.05) is 71.6 Å². The van der Waals surface area contributed by atoms with Gasteiger partial charge in [-0.1, -0.05) is 84.4 Å². The van der Waals surface area contributed by atoms with E-state index < -0.39 is 0 Å². The molecule has 0 bridgehead atoms. The van der Waals surface area contributed by atoms with Gasteiger partial charge in [0.1, 0.15) is 5.82 Å². The molecular formula is C30H25ClFNO. The molecule has 0 radical (unpaired) electrons. The number of hydrogen-bond donors (Lipinski definition) is 0. The van der Waals surface area contributed by atoms with Crippen molar-refractivity contribution in [1.82, 2.24) is 4.90 Å². The highest BCUT2D eigenvalue weighted by Gasteiger charge is 2.30. The molecule has 1 aliphatic carbocycles. The van der Waals surface area contributed by atoms with Crippen molar-refractivity contribution < 1.29 is 9.18 Å². The average Bonchev–Trinajstić information content (AvgIpc) is 3.27. The zero-order chi connectivity index (χ0) is 23.5. The van der Waals surface area contributed by atoms with E-state index >= 15 is 0 Å². The molecule has 5 rings (SSSR count). The van der Waals surface area contributed by atoms with Crippen molar-refractivity contribution in [3.8, 4) is 11.1 Å². The first-order valence-electron chi connectivity index (χ1n) is 11.5. The number of carbonyl (C=O) groups is 1. The third-order valence-electron chi connectivity index (χ3n) is 6.53. The largest absolute Gasteiger partial charge is 0.334 e. The van der Waals surface area contributed by atoms with Crippen LogP contribution in [-0.2, 0) is 30.6 Å². The number of halogens is 2. The predicted octanol–water partition coefficient (Wildman–Crippen LogP) is 6.88. The van der Waals surface area contributed by atoms with Crippen LogP contribution >= 0.6 is 11.6 Å². The first kappa shape index (κ1) is 22.4. The fraction of sp³-hybridized carbons (Fsp3) is 0.167. The first-order chi connectivity index (χ1) is 16.6. The van der Waals surface area contributed by atoms with Gasteiger partial charge in [0, 0.05) is 17.6 Å². The molecule has 0 saturated carbocycles. The lowest BCUT2D eigenvalue weighted by molar-refractivity contribution is -0.133. The first-order valence-corrected chi connectivity index (χ1v) is 11.9. The van der Waals surface area contributed by atoms with Crippen LogP contribution < -0.4 is 0 Å². The number of benzene rings is 4. The van der Waals surface area contributed by atoms with Gasteiger partial charge in [-0.2, -0.15) is 0 Å². The Hall–Kier alpha value is -3.43. The smallest absolute Gasteiger partial charge is 0.227 e. The van der Waals surface area contributed by atoms with E-state index in [-0.39, 0.29) is 24.2 Å². The summed E-state index contributed by atoms with van der Waals surface area (Å²) in [6, 6.07) is 30.6. The predicted molar refractivity (Wildman–Crippen MR) is 135 cm³/mol. The normalized spacial score (nSPS) is 13.0. The average molecular weight is 470 g/mol. The highest BCUT2D eigenvalue weighted by atomic mass is 35.5. The van der Waals surface area contributed by atoms with Crippen LogP contribution in [0.2, 0.25) is 5.02 Å². The molecule has 0 spiro atoms. The molecule has 1 amide bonds. The van der Waals surface area contributed by atoms with E-state index in [9.17, 15) is 9.18 Å². The molecular weight excluding hydrogens is 445 g/mol. The second-order valence-electron chi connectivity index (χ2n) is 8.83. The van der Waals surface area contributed by atoms with Gasteiger partial charge in [-0.25, -0.2) is 4.39 Å². The molecule has 1 aliphatic rings. The second kappa shape index (κ2) is 9.82. The number of fused-ring (bicyclic) bond motifs is 1. The molecule has 0 aromatic heterocycles. The van der Waals surface area contributed by atoms with Gasteiger partial charge < -0.3 is 4.90 Å². The Kier molecular flexibility index (Phi) is 6.46. The van der Waals surface area contributed by atoms with Crippen LogP contribution in [0.1, 0.15) is 22.3 Å². The molecule has 0 saturated heterocycles. The summed E-state index contributed by atoms with van der Waals surface area (Å²) in [6.45, 7) is 0.372. The van der Waals surface area contributed by atoms with Crippen molar-refractivity contribution in [2.75, 3.05) is 0 Å². The Morgan fingerprint density at radius 1 is 0.853 bits per heavy atom. The second-order valence-corrected chi connectivity index (χ2v) is 9.26. The Morgan fingerprint density at radius 3 is 2.26 bits per heavy atom. The van der Waals surface area contributed by atoms with Crippen LogP contribution in [0.5, 0.6) is 0 Å². The molecule has 2 nitrogen and oxygen atoms in total. The maximum Gasteiger partial charge on any atom is 0.227 e. The molecule has 4 aromatic rings. The minimum atomic E-state index is -0.291. The van der Waals surface area contributed by atoms with Crippen molar-refractivity contribution in [3.63, 3.8) is 0 Å².